The quantitative estimate of drug-likeness (QED) is 0.766. The predicted molar refractivity (Wildman–Crippen MR) is 106 cm³/mol. The Balaban J connectivity index is 1.70. The van der Waals surface area contributed by atoms with Crippen molar-refractivity contribution in [2.75, 3.05) is 20.2 Å². The molecule has 152 valence electrons. The molecule has 1 aliphatic heterocycles. The molecule has 0 unspecified atom stereocenters. The Labute approximate surface area is 166 Å². The highest BCUT2D eigenvalue weighted by Crippen LogP contribution is 2.22. The van der Waals surface area contributed by atoms with Gasteiger partial charge in [-0.15, -0.1) is 0 Å². The molecule has 1 N–H and O–H groups in total. The predicted octanol–water partition coefficient (Wildman–Crippen LogP) is 2.28. The number of hydrogen-bond acceptors (Lipinski definition) is 4. The van der Waals surface area contributed by atoms with Crippen molar-refractivity contribution in [2.24, 2.45) is 7.05 Å². The van der Waals surface area contributed by atoms with Crippen molar-refractivity contribution >= 4 is 15.9 Å². The molecule has 2 aromatic rings. The van der Waals surface area contributed by atoms with E-state index in [4.69, 9.17) is 4.74 Å². The molecule has 3 rings (SSSR count). The number of benzene rings is 1. The molecule has 1 amide bonds. The van der Waals surface area contributed by atoms with Crippen molar-refractivity contribution in [3.05, 3.63) is 53.3 Å². The molecule has 1 saturated heterocycles. The maximum absolute atomic E-state index is 12.8. The van der Waals surface area contributed by atoms with E-state index in [9.17, 15) is 13.2 Å². The van der Waals surface area contributed by atoms with Gasteiger partial charge < -0.3 is 14.6 Å². The normalized spacial score (nSPS) is 15.5. The van der Waals surface area contributed by atoms with E-state index in [1.54, 1.807) is 18.7 Å². The van der Waals surface area contributed by atoms with Crippen LogP contribution in [0.25, 0.3) is 0 Å². The maximum atomic E-state index is 12.8. The summed E-state index contributed by atoms with van der Waals surface area (Å²) in [6, 6.07) is 9.24. The molecule has 8 heteroatoms. The van der Waals surface area contributed by atoms with Gasteiger partial charge in [0.1, 0.15) is 10.6 Å². The molecule has 0 spiro atoms. The van der Waals surface area contributed by atoms with Crippen LogP contribution in [-0.2, 0) is 35.0 Å². The molecule has 0 radical (unpaired) electrons. The van der Waals surface area contributed by atoms with Gasteiger partial charge in [-0.25, -0.2) is 8.42 Å². The average Bonchev–Trinajstić information content (AvgIpc) is 3.10. The fraction of sp³-hybridized carbons (Fsp3) is 0.450. The Kier molecular flexibility index (Phi) is 6.53. The van der Waals surface area contributed by atoms with Gasteiger partial charge in [-0.2, -0.15) is 4.31 Å². The molecule has 7 nitrogen and oxygen atoms in total. The van der Waals surface area contributed by atoms with Crippen LogP contribution in [0.2, 0.25) is 0 Å². The molecule has 0 saturated carbocycles. The first-order valence-electron chi connectivity index (χ1n) is 9.43. The minimum atomic E-state index is -3.56. The minimum Gasteiger partial charge on any atom is -0.380 e. The summed E-state index contributed by atoms with van der Waals surface area (Å²) in [5, 5.41) is 2.86. The van der Waals surface area contributed by atoms with Crippen LogP contribution in [0, 0.1) is 0 Å². The van der Waals surface area contributed by atoms with Crippen LogP contribution in [0.4, 0.5) is 0 Å². The van der Waals surface area contributed by atoms with E-state index < -0.39 is 10.0 Å². The maximum Gasteiger partial charge on any atom is 0.268 e. The van der Waals surface area contributed by atoms with Gasteiger partial charge in [-0.1, -0.05) is 30.7 Å². The second kappa shape index (κ2) is 8.89. The largest absolute Gasteiger partial charge is 0.380 e. The molecular formula is C20H27N3O4S. The SMILES string of the molecule is COCc1cccc(CNC(=O)c2cc(S(=O)(=O)N3CCCCC3)cn2C)c1. The molecule has 0 bridgehead atoms. The lowest BCUT2D eigenvalue weighted by atomic mass is 10.1. The molecular weight excluding hydrogens is 378 g/mol. The van der Waals surface area contributed by atoms with Gasteiger partial charge in [0.2, 0.25) is 10.0 Å². The van der Waals surface area contributed by atoms with Crippen molar-refractivity contribution in [1.29, 1.82) is 0 Å². The Bertz CT molecular complexity index is 931. The summed E-state index contributed by atoms with van der Waals surface area (Å²) in [4.78, 5) is 12.8. The van der Waals surface area contributed by atoms with Gasteiger partial charge in [-0.05, 0) is 30.0 Å². The number of carbonyl (C=O) groups is 1. The summed E-state index contributed by atoms with van der Waals surface area (Å²) < 4.78 is 33.8. The number of carbonyl (C=O) groups excluding carboxylic acids is 1. The first-order valence-corrected chi connectivity index (χ1v) is 10.9. The number of aromatic nitrogens is 1. The minimum absolute atomic E-state index is 0.171. The van der Waals surface area contributed by atoms with E-state index in [-0.39, 0.29) is 10.8 Å². The number of aryl methyl sites for hydroxylation is 1. The lowest BCUT2D eigenvalue weighted by molar-refractivity contribution is 0.0942. The topological polar surface area (TPSA) is 80.6 Å². The van der Waals surface area contributed by atoms with E-state index in [1.807, 2.05) is 24.3 Å². The van der Waals surface area contributed by atoms with E-state index in [0.29, 0.717) is 31.9 Å². The Morgan fingerprint density at radius 1 is 1.14 bits per heavy atom. The summed E-state index contributed by atoms with van der Waals surface area (Å²) in [6.07, 6.45) is 4.32. The standard InChI is InChI=1S/C20H27N3O4S/c1-22-14-18(28(25,26)23-9-4-3-5-10-23)12-19(22)20(24)21-13-16-7-6-8-17(11-16)15-27-2/h6-8,11-12,14H,3-5,9-10,13,15H2,1-2H3,(H,21,24). The second-order valence-electron chi connectivity index (χ2n) is 7.07. The molecule has 2 heterocycles. The highest BCUT2D eigenvalue weighted by atomic mass is 32.2. The van der Waals surface area contributed by atoms with Gasteiger partial charge in [-0.3, -0.25) is 4.79 Å². The number of hydrogen-bond donors (Lipinski definition) is 1. The van der Waals surface area contributed by atoms with Crippen molar-refractivity contribution < 1.29 is 17.9 Å². The second-order valence-corrected chi connectivity index (χ2v) is 9.01. The van der Waals surface area contributed by atoms with E-state index in [1.165, 1.54) is 16.6 Å². The Morgan fingerprint density at radius 2 is 1.86 bits per heavy atom. The zero-order chi connectivity index (χ0) is 20.1. The van der Waals surface area contributed by atoms with Gasteiger partial charge >= 0.3 is 0 Å². The smallest absolute Gasteiger partial charge is 0.268 e. The number of sulfonamides is 1. The number of piperidine rings is 1. The molecule has 1 fully saturated rings. The van der Waals surface area contributed by atoms with Gasteiger partial charge in [0.25, 0.3) is 5.91 Å². The van der Waals surface area contributed by atoms with E-state index >= 15 is 0 Å². The Hall–Kier alpha value is -2.16. The van der Waals surface area contributed by atoms with Crippen molar-refractivity contribution in [3.8, 4) is 0 Å². The number of methoxy groups -OCH3 is 1. The Morgan fingerprint density at radius 3 is 2.57 bits per heavy atom. The number of amides is 1. The monoisotopic (exact) mass is 405 g/mol. The highest BCUT2D eigenvalue weighted by molar-refractivity contribution is 7.89. The third kappa shape index (κ3) is 4.63. The van der Waals surface area contributed by atoms with Gasteiger partial charge in [0.05, 0.1) is 6.61 Å². The van der Waals surface area contributed by atoms with Crippen LogP contribution in [0.5, 0.6) is 0 Å². The van der Waals surface area contributed by atoms with Crippen LogP contribution in [0.15, 0.2) is 41.4 Å². The molecule has 1 aromatic carbocycles. The summed E-state index contributed by atoms with van der Waals surface area (Å²) >= 11 is 0. The number of nitrogens with one attached hydrogen (secondary N) is 1. The van der Waals surface area contributed by atoms with Crippen molar-refractivity contribution in [3.63, 3.8) is 0 Å². The zero-order valence-corrected chi connectivity index (χ0v) is 17.2. The van der Waals surface area contributed by atoms with Gasteiger partial charge in [0.15, 0.2) is 0 Å². The number of rotatable bonds is 7. The lowest BCUT2D eigenvalue weighted by Gasteiger charge is -2.25. The van der Waals surface area contributed by atoms with E-state index in [0.717, 1.165) is 30.4 Å². The summed E-state index contributed by atoms with van der Waals surface area (Å²) in [5.74, 6) is -0.306. The first-order chi connectivity index (χ1) is 13.4. The summed E-state index contributed by atoms with van der Waals surface area (Å²) in [5.41, 5.74) is 2.31. The van der Waals surface area contributed by atoms with E-state index in [2.05, 4.69) is 5.32 Å². The fourth-order valence-electron chi connectivity index (χ4n) is 3.42. The van der Waals surface area contributed by atoms with Crippen molar-refractivity contribution in [2.45, 2.75) is 37.3 Å². The molecule has 1 aromatic heterocycles. The van der Waals surface area contributed by atoms with Crippen LogP contribution >= 0.6 is 0 Å². The third-order valence-electron chi connectivity index (χ3n) is 4.92. The third-order valence-corrected chi connectivity index (χ3v) is 6.78. The van der Waals surface area contributed by atoms with Crippen molar-refractivity contribution in [1.82, 2.24) is 14.2 Å². The molecule has 0 aliphatic carbocycles. The summed E-state index contributed by atoms with van der Waals surface area (Å²) in [7, 11) is -0.236. The van der Waals surface area contributed by atoms with Crippen LogP contribution in [0.1, 0.15) is 40.9 Å². The highest BCUT2D eigenvalue weighted by Gasteiger charge is 2.28. The summed E-state index contributed by atoms with van der Waals surface area (Å²) in [6.45, 7) is 1.94. The number of nitrogens with zero attached hydrogens (tertiary/aromatic N) is 2. The number of ether oxygens (including phenoxy) is 1. The van der Waals surface area contributed by atoms with Crippen LogP contribution in [-0.4, -0.2) is 43.4 Å². The zero-order valence-electron chi connectivity index (χ0n) is 16.3. The molecule has 1 aliphatic rings. The first kappa shape index (κ1) is 20.6. The van der Waals surface area contributed by atoms with Crippen LogP contribution in [0.3, 0.4) is 0 Å². The molecule has 28 heavy (non-hydrogen) atoms. The molecule has 0 atom stereocenters. The lowest BCUT2D eigenvalue weighted by Crippen LogP contribution is -2.35. The van der Waals surface area contributed by atoms with Crippen LogP contribution < -0.4 is 5.32 Å². The average molecular weight is 406 g/mol. The fourth-order valence-corrected chi connectivity index (χ4v) is 5.01. The van der Waals surface area contributed by atoms with Gasteiger partial charge in [0, 0.05) is 40.0 Å².